The highest BCUT2D eigenvalue weighted by Crippen LogP contribution is 2.61. The number of phenols is 1. The van der Waals surface area contributed by atoms with Crippen LogP contribution in [0.2, 0.25) is 0 Å². The van der Waals surface area contributed by atoms with Gasteiger partial charge in [0.25, 0.3) is 0 Å². The number of hydrogen-bond donors (Lipinski definition) is 4. The normalized spacial score (nSPS) is 21.9. The van der Waals surface area contributed by atoms with Crippen LogP contribution in [0.25, 0.3) is 44.9 Å². The number of anilines is 1. The van der Waals surface area contributed by atoms with Crippen molar-refractivity contribution < 1.29 is 23.5 Å². The minimum atomic E-state index is -0.952. The molecule has 0 saturated carbocycles. The fourth-order valence-electron chi connectivity index (χ4n) is 7.74. The second kappa shape index (κ2) is 8.35. The smallest absolute Gasteiger partial charge is 0.249 e. The molecule has 4 aliphatic heterocycles. The van der Waals surface area contributed by atoms with Crippen LogP contribution in [0.5, 0.6) is 11.5 Å². The van der Waals surface area contributed by atoms with Crippen molar-refractivity contribution in [1.29, 1.82) is 0 Å². The van der Waals surface area contributed by atoms with Crippen molar-refractivity contribution in [2.45, 2.75) is 44.4 Å². The fourth-order valence-corrected chi connectivity index (χ4v) is 7.74. The standard InChI is InChI=1S/C35H27N5O5/c1-15(2)27-33-39-30-31(45-33)35-20-5-3-4-18(17-8-9-22(41)29-26(17)19(13-36-29)24-14-37-32(30)43-24)28(20)40-34(35)44-23-10-6-16(12-21(23)35)7-11-25(42)38-27/h3-6,8-10,12-15,27,34,36,40-41H,7,11H2,1-2H3,(H,38,42). The highest BCUT2D eigenvalue weighted by molar-refractivity contribution is 6.09. The van der Waals surface area contributed by atoms with Gasteiger partial charge < -0.3 is 34.3 Å². The van der Waals surface area contributed by atoms with Crippen molar-refractivity contribution in [3.05, 3.63) is 89.3 Å². The Morgan fingerprint density at radius 3 is 2.80 bits per heavy atom. The van der Waals surface area contributed by atoms with Crippen molar-refractivity contribution >= 4 is 22.5 Å². The van der Waals surface area contributed by atoms with E-state index < -0.39 is 17.7 Å². The number of H-pyrrole nitrogens is 1. The summed E-state index contributed by atoms with van der Waals surface area (Å²) in [6.07, 6.45) is 3.85. The van der Waals surface area contributed by atoms with Gasteiger partial charge in [0.1, 0.15) is 23.0 Å². The summed E-state index contributed by atoms with van der Waals surface area (Å²) in [6.45, 7) is 4.07. The van der Waals surface area contributed by atoms with E-state index in [1.165, 1.54) is 0 Å². The molecule has 4 aliphatic rings. The Hall–Kier alpha value is -5.51. The lowest BCUT2D eigenvalue weighted by Gasteiger charge is -2.28. The predicted octanol–water partition coefficient (Wildman–Crippen LogP) is 6.40. The van der Waals surface area contributed by atoms with Gasteiger partial charge in [-0.2, -0.15) is 0 Å². The third kappa shape index (κ3) is 3.06. The molecular formula is C35H27N5O5. The highest BCUT2D eigenvalue weighted by Gasteiger charge is 2.61. The lowest BCUT2D eigenvalue weighted by molar-refractivity contribution is -0.122. The number of fused-ring (bicyclic) bond motifs is 7. The van der Waals surface area contributed by atoms with E-state index in [2.05, 4.69) is 39.9 Å². The van der Waals surface area contributed by atoms with Crippen LogP contribution in [-0.4, -0.2) is 32.2 Å². The Balaban J connectivity index is 1.39. The van der Waals surface area contributed by atoms with Crippen molar-refractivity contribution in [2.75, 3.05) is 5.32 Å². The maximum absolute atomic E-state index is 13.2. The minimum Gasteiger partial charge on any atom is -0.506 e. The van der Waals surface area contributed by atoms with Gasteiger partial charge in [-0.15, -0.1) is 0 Å². The van der Waals surface area contributed by atoms with Crippen LogP contribution < -0.4 is 15.4 Å². The van der Waals surface area contributed by atoms with Crippen LogP contribution in [0, 0.1) is 5.92 Å². The third-order valence-corrected chi connectivity index (χ3v) is 9.84. The summed E-state index contributed by atoms with van der Waals surface area (Å²) in [6, 6.07) is 15.5. The topological polar surface area (TPSA) is 138 Å². The molecule has 0 fully saturated rings. The maximum atomic E-state index is 13.2. The molecule has 45 heavy (non-hydrogen) atoms. The average molecular weight is 598 g/mol. The molecule has 3 aromatic heterocycles. The molecule has 3 atom stereocenters. The lowest BCUT2D eigenvalue weighted by atomic mass is 9.72. The number of amides is 1. The zero-order valence-electron chi connectivity index (χ0n) is 24.4. The van der Waals surface area contributed by atoms with Crippen LogP contribution in [0.1, 0.15) is 54.7 Å². The van der Waals surface area contributed by atoms with E-state index in [9.17, 15) is 9.90 Å². The van der Waals surface area contributed by atoms with Crippen LogP contribution in [0.4, 0.5) is 5.69 Å². The Bertz CT molecular complexity index is 2260. The molecule has 0 saturated heterocycles. The number of aromatic nitrogens is 3. The molecule has 1 amide bonds. The highest BCUT2D eigenvalue weighted by atomic mass is 16.5. The largest absolute Gasteiger partial charge is 0.506 e. The predicted molar refractivity (Wildman–Crippen MR) is 165 cm³/mol. The van der Waals surface area contributed by atoms with E-state index in [1.807, 2.05) is 38.2 Å². The second-order valence-electron chi connectivity index (χ2n) is 12.6. The van der Waals surface area contributed by atoms with Gasteiger partial charge in [-0.1, -0.05) is 44.2 Å². The van der Waals surface area contributed by atoms with Gasteiger partial charge in [-0.05, 0) is 41.7 Å². The zero-order chi connectivity index (χ0) is 30.2. The number of hydrogen-bond acceptors (Lipinski definition) is 8. The summed E-state index contributed by atoms with van der Waals surface area (Å²) < 4.78 is 20.2. The quantitative estimate of drug-likeness (QED) is 0.171. The monoisotopic (exact) mass is 597 g/mol. The van der Waals surface area contributed by atoms with Gasteiger partial charge in [0, 0.05) is 45.9 Å². The van der Waals surface area contributed by atoms with Crippen molar-refractivity contribution in [3.8, 4) is 45.5 Å². The molecule has 0 radical (unpaired) electrons. The molecule has 222 valence electrons. The number of nitrogens with zero attached hydrogens (tertiary/aromatic N) is 2. The van der Waals surface area contributed by atoms with E-state index in [0.29, 0.717) is 41.5 Å². The number of carbonyl (C=O) groups excluding carboxylic acids is 1. The number of oxazole rings is 2. The minimum absolute atomic E-state index is 0.00383. The van der Waals surface area contributed by atoms with Gasteiger partial charge in [-0.25, -0.2) is 9.97 Å². The number of aromatic hydroxyl groups is 1. The summed E-state index contributed by atoms with van der Waals surface area (Å²) >= 11 is 0. The number of nitrogens with one attached hydrogen (secondary N) is 3. The SMILES string of the molecule is CC(C)C1NC(=O)CCc2ccc3c(c2)C24c5cccc(c5NC2O3)-c2ccc(O)c3[nH]cc(c23)-c2cnc(o2)-c2nc1oc24. The molecule has 3 unspecified atom stereocenters. The van der Waals surface area contributed by atoms with Crippen LogP contribution in [0.15, 0.2) is 69.8 Å². The van der Waals surface area contributed by atoms with E-state index in [0.717, 1.165) is 50.2 Å². The number of aryl methyl sites for hydroxylation is 1. The first-order chi connectivity index (χ1) is 21.9. The van der Waals surface area contributed by atoms with E-state index in [1.54, 1.807) is 12.3 Å². The Morgan fingerprint density at radius 1 is 1.00 bits per heavy atom. The first-order valence-electron chi connectivity index (χ1n) is 15.2. The van der Waals surface area contributed by atoms with Crippen LogP contribution in [-0.2, 0) is 16.6 Å². The van der Waals surface area contributed by atoms with Crippen LogP contribution >= 0.6 is 0 Å². The first kappa shape index (κ1) is 24.9. The molecular weight excluding hydrogens is 570 g/mol. The van der Waals surface area contributed by atoms with Crippen molar-refractivity contribution in [3.63, 3.8) is 0 Å². The number of benzene rings is 3. The zero-order valence-corrected chi connectivity index (χ0v) is 24.4. The fraction of sp³-hybridized carbons (Fsp3) is 0.229. The van der Waals surface area contributed by atoms with Gasteiger partial charge in [0.2, 0.25) is 17.7 Å². The molecule has 0 aliphatic carbocycles. The average Bonchev–Trinajstić information content (AvgIpc) is 3.84. The van der Waals surface area contributed by atoms with E-state index in [4.69, 9.17) is 23.5 Å². The molecule has 1 spiro atoms. The van der Waals surface area contributed by atoms with Gasteiger partial charge in [0.05, 0.1) is 11.7 Å². The number of aromatic amines is 1. The number of ether oxygens (including phenoxy) is 1. The van der Waals surface area contributed by atoms with Crippen molar-refractivity contribution in [1.82, 2.24) is 20.3 Å². The molecule has 10 rings (SSSR count). The Morgan fingerprint density at radius 2 is 1.91 bits per heavy atom. The molecule has 3 aromatic carbocycles. The number of para-hydroxylation sites is 1. The number of rotatable bonds is 1. The number of phenolic OH excluding ortho intramolecular Hbond substituents is 1. The van der Waals surface area contributed by atoms with Crippen LogP contribution in [0.3, 0.4) is 0 Å². The third-order valence-electron chi connectivity index (χ3n) is 9.84. The lowest BCUT2D eigenvalue weighted by Crippen LogP contribution is -2.40. The molecule has 6 aromatic rings. The van der Waals surface area contributed by atoms with Gasteiger partial charge >= 0.3 is 0 Å². The maximum Gasteiger partial charge on any atom is 0.249 e. The van der Waals surface area contributed by atoms with Gasteiger partial charge in [-0.3, -0.25) is 4.79 Å². The second-order valence-corrected chi connectivity index (χ2v) is 12.6. The molecule has 10 heteroatoms. The molecule has 4 N–H and O–H groups in total. The van der Waals surface area contributed by atoms with E-state index in [-0.39, 0.29) is 23.5 Å². The molecule has 10 nitrogen and oxygen atoms in total. The Labute approximate surface area is 256 Å². The summed E-state index contributed by atoms with van der Waals surface area (Å²) in [5.74, 6) is 2.54. The summed E-state index contributed by atoms with van der Waals surface area (Å²) in [5, 5.41) is 18.6. The van der Waals surface area contributed by atoms with E-state index >= 15 is 0 Å². The number of carbonyl (C=O) groups is 1. The first-order valence-corrected chi connectivity index (χ1v) is 15.2. The summed E-state index contributed by atoms with van der Waals surface area (Å²) in [7, 11) is 0. The summed E-state index contributed by atoms with van der Waals surface area (Å²) in [4.78, 5) is 26.2. The Kier molecular flexibility index (Phi) is 4.62. The molecule has 10 bridgehead atoms. The van der Waals surface area contributed by atoms with Crippen molar-refractivity contribution in [2.24, 2.45) is 5.92 Å². The summed E-state index contributed by atoms with van der Waals surface area (Å²) in [5.41, 5.74) is 6.56. The van der Waals surface area contributed by atoms with Gasteiger partial charge in [0.15, 0.2) is 23.4 Å². The molecule has 7 heterocycles.